The number of rotatable bonds is 6. The van der Waals surface area contributed by atoms with Crippen molar-refractivity contribution in [2.24, 2.45) is 10.4 Å². The molecule has 1 atom stereocenters. The van der Waals surface area contributed by atoms with Gasteiger partial charge in [-0.1, -0.05) is 12.1 Å². The normalized spacial score (nSPS) is 18.1. The van der Waals surface area contributed by atoms with E-state index in [1.807, 2.05) is 13.0 Å². The highest BCUT2D eigenvalue weighted by molar-refractivity contribution is 7.90. The smallest absolute Gasteiger partial charge is 0.191 e. The number of nitrogens with one attached hydrogen (secondary N) is 2. The van der Waals surface area contributed by atoms with Crippen LogP contribution in [0.4, 0.5) is 4.39 Å². The lowest BCUT2D eigenvalue weighted by Gasteiger charge is -2.21. The third-order valence-corrected chi connectivity index (χ3v) is 5.57. The zero-order valence-corrected chi connectivity index (χ0v) is 15.5. The molecule has 0 amide bonds. The summed E-state index contributed by atoms with van der Waals surface area (Å²) in [5, 5.41) is 6.42. The van der Waals surface area contributed by atoms with Gasteiger partial charge in [-0.25, -0.2) is 12.8 Å². The van der Waals surface area contributed by atoms with Crippen LogP contribution >= 0.6 is 0 Å². The van der Waals surface area contributed by atoms with E-state index in [2.05, 4.69) is 15.6 Å². The highest BCUT2D eigenvalue weighted by Gasteiger charge is 2.45. The van der Waals surface area contributed by atoms with Gasteiger partial charge in [-0.05, 0) is 43.9 Å². The number of guanidine groups is 1. The third kappa shape index (κ3) is 5.19. The molecule has 0 heterocycles. The van der Waals surface area contributed by atoms with E-state index in [-0.39, 0.29) is 23.0 Å². The summed E-state index contributed by atoms with van der Waals surface area (Å²) in [5.74, 6) is 0.556. The fourth-order valence-electron chi connectivity index (χ4n) is 2.74. The minimum atomic E-state index is -2.99. The van der Waals surface area contributed by atoms with Crippen LogP contribution in [0.5, 0.6) is 0 Å². The molecule has 0 radical (unpaired) electrons. The molecule has 1 fully saturated rings. The predicted molar refractivity (Wildman–Crippen MR) is 95.4 cm³/mol. The molecule has 134 valence electrons. The van der Waals surface area contributed by atoms with E-state index in [1.165, 1.54) is 12.3 Å². The van der Waals surface area contributed by atoms with Gasteiger partial charge in [0.15, 0.2) is 5.96 Å². The number of nitrogens with zero attached hydrogens (tertiary/aromatic N) is 1. The van der Waals surface area contributed by atoms with Gasteiger partial charge in [0.1, 0.15) is 15.7 Å². The molecule has 0 aromatic heterocycles. The van der Waals surface area contributed by atoms with Crippen molar-refractivity contribution in [3.05, 3.63) is 35.1 Å². The van der Waals surface area contributed by atoms with Crippen LogP contribution in [-0.4, -0.2) is 40.0 Å². The molecule has 0 aliphatic heterocycles. The van der Waals surface area contributed by atoms with Crippen molar-refractivity contribution >= 4 is 15.8 Å². The number of halogens is 1. The summed E-state index contributed by atoms with van der Waals surface area (Å²) < 4.78 is 36.7. The van der Waals surface area contributed by atoms with Gasteiger partial charge in [0.25, 0.3) is 0 Å². The first-order valence-electron chi connectivity index (χ1n) is 8.05. The van der Waals surface area contributed by atoms with Crippen LogP contribution in [0.15, 0.2) is 23.2 Å². The van der Waals surface area contributed by atoms with Crippen molar-refractivity contribution in [1.82, 2.24) is 10.6 Å². The van der Waals surface area contributed by atoms with E-state index < -0.39 is 9.84 Å². The fourth-order valence-corrected chi connectivity index (χ4v) is 4.24. The number of benzene rings is 1. The molecule has 0 spiro atoms. The minimum Gasteiger partial charge on any atom is -0.356 e. The molecule has 1 unspecified atom stereocenters. The molecule has 7 heteroatoms. The van der Waals surface area contributed by atoms with Crippen molar-refractivity contribution in [2.75, 3.05) is 25.6 Å². The van der Waals surface area contributed by atoms with E-state index >= 15 is 0 Å². The van der Waals surface area contributed by atoms with Crippen molar-refractivity contribution in [3.8, 4) is 0 Å². The number of aryl methyl sites for hydroxylation is 1. The van der Waals surface area contributed by atoms with E-state index in [0.717, 1.165) is 18.4 Å². The second-order valence-corrected chi connectivity index (χ2v) is 9.01. The summed E-state index contributed by atoms with van der Waals surface area (Å²) in [4.78, 5) is 4.17. The lowest BCUT2D eigenvalue weighted by atomic mass is 10.1. The van der Waals surface area contributed by atoms with Crippen LogP contribution in [0.1, 0.15) is 36.9 Å². The Morgan fingerprint density at radius 2 is 2.08 bits per heavy atom. The Morgan fingerprint density at radius 3 is 2.58 bits per heavy atom. The Balaban J connectivity index is 1.94. The maximum absolute atomic E-state index is 13.7. The van der Waals surface area contributed by atoms with Crippen molar-refractivity contribution in [1.29, 1.82) is 0 Å². The molecule has 1 aromatic carbocycles. The first-order valence-corrected chi connectivity index (χ1v) is 10.1. The van der Waals surface area contributed by atoms with Crippen LogP contribution in [0, 0.1) is 18.2 Å². The number of hydrogen-bond acceptors (Lipinski definition) is 3. The molecule has 2 rings (SSSR count). The summed E-state index contributed by atoms with van der Waals surface area (Å²) in [6.07, 6.45) is 3.08. The first-order chi connectivity index (χ1) is 11.1. The highest BCUT2D eigenvalue weighted by Crippen LogP contribution is 2.46. The van der Waals surface area contributed by atoms with E-state index in [0.29, 0.717) is 18.1 Å². The van der Waals surface area contributed by atoms with Gasteiger partial charge in [-0.2, -0.15) is 0 Å². The topological polar surface area (TPSA) is 70.6 Å². The van der Waals surface area contributed by atoms with Crippen molar-refractivity contribution < 1.29 is 12.8 Å². The Hall–Kier alpha value is -1.63. The molecule has 1 aliphatic rings. The summed E-state index contributed by atoms with van der Waals surface area (Å²) >= 11 is 0. The molecule has 24 heavy (non-hydrogen) atoms. The van der Waals surface area contributed by atoms with E-state index in [4.69, 9.17) is 0 Å². The summed E-state index contributed by atoms with van der Waals surface area (Å²) in [6.45, 7) is 4.23. The number of hydrogen-bond donors (Lipinski definition) is 2. The largest absolute Gasteiger partial charge is 0.356 e. The van der Waals surface area contributed by atoms with Gasteiger partial charge in [0.05, 0.1) is 11.8 Å². The second kappa shape index (κ2) is 7.09. The Labute approximate surface area is 143 Å². The average Bonchev–Trinajstić information content (AvgIpc) is 3.23. The molecule has 1 aromatic rings. The Bertz CT molecular complexity index is 727. The van der Waals surface area contributed by atoms with Gasteiger partial charge in [0, 0.05) is 25.3 Å². The molecule has 1 aliphatic carbocycles. The molecular weight excluding hydrogens is 329 g/mol. The molecular formula is C17H26FN3O2S. The zero-order chi connectivity index (χ0) is 18.0. The van der Waals surface area contributed by atoms with Gasteiger partial charge in [0.2, 0.25) is 0 Å². The second-order valence-electron chi connectivity index (χ2n) is 6.87. The van der Waals surface area contributed by atoms with Crippen LogP contribution in [-0.2, 0) is 9.84 Å². The van der Waals surface area contributed by atoms with Gasteiger partial charge >= 0.3 is 0 Å². The number of sulfone groups is 1. The predicted octanol–water partition coefficient (Wildman–Crippen LogP) is 2.18. The molecule has 2 N–H and O–H groups in total. The highest BCUT2D eigenvalue weighted by atomic mass is 32.2. The van der Waals surface area contributed by atoms with Crippen LogP contribution in [0.25, 0.3) is 0 Å². The molecule has 0 saturated heterocycles. The first kappa shape index (κ1) is 18.7. The lowest BCUT2D eigenvalue weighted by Crippen LogP contribution is -2.42. The zero-order valence-electron chi connectivity index (χ0n) is 14.7. The maximum atomic E-state index is 13.7. The van der Waals surface area contributed by atoms with Gasteiger partial charge in [-0.3, -0.25) is 4.99 Å². The maximum Gasteiger partial charge on any atom is 0.191 e. The van der Waals surface area contributed by atoms with Gasteiger partial charge in [-0.15, -0.1) is 0 Å². The summed E-state index contributed by atoms with van der Waals surface area (Å²) in [6, 6.07) is 5.04. The SMILES string of the molecule is CN=C(NCC1(CS(C)(=O)=O)CC1)NC(C)c1ccc(C)c(F)c1. The lowest BCUT2D eigenvalue weighted by molar-refractivity contribution is 0.526. The van der Waals surface area contributed by atoms with Crippen molar-refractivity contribution in [2.45, 2.75) is 32.7 Å². The summed E-state index contributed by atoms with van der Waals surface area (Å²) in [5.41, 5.74) is 1.27. The van der Waals surface area contributed by atoms with Crippen LogP contribution in [0.2, 0.25) is 0 Å². The van der Waals surface area contributed by atoms with E-state index in [1.54, 1.807) is 20.0 Å². The quantitative estimate of drug-likeness (QED) is 0.606. The third-order valence-electron chi connectivity index (χ3n) is 4.43. The fraction of sp³-hybridized carbons (Fsp3) is 0.588. The molecule has 1 saturated carbocycles. The number of aliphatic imine (C=N–C) groups is 1. The van der Waals surface area contributed by atoms with Crippen LogP contribution in [0.3, 0.4) is 0 Å². The monoisotopic (exact) mass is 355 g/mol. The summed E-state index contributed by atoms with van der Waals surface area (Å²) in [7, 11) is -1.33. The van der Waals surface area contributed by atoms with E-state index in [9.17, 15) is 12.8 Å². The molecule has 0 bridgehead atoms. The van der Waals surface area contributed by atoms with Crippen molar-refractivity contribution in [3.63, 3.8) is 0 Å². The average molecular weight is 355 g/mol. The van der Waals surface area contributed by atoms with Gasteiger partial charge < -0.3 is 10.6 Å². The Kier molecular flexibility index (Phi) is 5.52. The van der Waals surface area contributed by atoms with Crippen LogP contribution < -0.4 is 10.6 Å². The minimum absolute atomic E-state index is 0.114. The molecule has 5 nitrogen and oxygen atoms in total. The Morgan fingerprint density at radius 1 is 1.42 bits per heavy atom. The standard InChI is InChI=1S/C17H26FN3O2S/c1-12-5-6-14(9-15(12)18)13(2)21-16(19-3)20-10-17(7-8-17)11-24(4,22)23/h5-6,9,13H,7-8,10-11H2,1-4H3,(H2,19,20,21).